The predicted octanol–water partition coefficient (Wildman–Crippen LogP) is 2.75. The van der Waals surface area contributed by atoms with Gasteiger partial charge in [-0.3, -0.25) is 24.5 Å². The number of rotatable bonds is 6. The number of carbonyl (C=O) groups is 4. The van der Waals surface area contributed by atoms with Crippen LogP contribution in [0.15, 0.2) is 53.6 Å². The van der Waals surface area contributed by atoms with Gasteiger partial charge in [-0.2, -0.15) is 5.10 Å². The molecular weight excluding hydrogens is 418 g/mol. The highest BCUT2D eigenvalue weighted by Gasteiger charge is 2.33. The first-order valence-corrected chi connectivity index (χ1v) is 9.57. The van der Waals surface area contributed by atoms with Crippen LogP contribution in [0.3, 0.4) is 0 Å². The molecule has 148 valence electrons. The number of hydrogen-bond acceptors (Lipinski definition) is 7. The topological polar surface area (TPSA) is 114 Å². The van der Waals surface area contributed by atoms with Gasteiger partial charge < -0.3 is 4.74 Å². The predicted molar refractivity (Wildman–Crippen MR) is 108 cm³/mol. The van der Waals surface area contributed by atoms with E-state index in [1.54, 1.807) is 42.5 Å². The number of hydrazone groups is 1. The summed E-state index contributed by atoms with van der Waals surface area (Å²) in [5.41, 5.74) is 3.43. The average Bonchev–Trinajstić information content (AvgIpc) is 2.99. The number of halogens is 1. The maximum absolute atomic E-state index is 12.0. The van der Waals surface area contributed by atoms with Crippen LogP contribution < -0.4 is 15.5 Å². The molecule has 8 nitrogen and oxygen atoms in total. The van der Waals surface area contributed by atoms with Crippen molar-refractivity contribution in [2.24, 2.45) is 5.10 Å². The lowest BCUT2D eigenvalue weighted by molar-refractivity contribution is -0.135. The summed E-state index contributed by atoms with van der Waals surface area (Å²) in [6.45, 7) is 0. The Morgan fingerprint density at radius 1 is 1.21 bits per heavy atom. The summed E-state index contributed by atoms with van der Waals surface area (Å²) in [5.74, 6) is -1.24. The number of esters is 1. The van der Waals surface area contributed by atoms with Crippen LogP contribution in [0.2, 0.25) is 5.02 Å². The van der Waals surface area contributed by atoms with Gasteiger partial charge in [-0.25, -0.2) is 5.43 Å². The molecule has 0 bridgehead atoms. The third-order valence-corrected chi connectivity index (χ3v) is 4.91. The number of benzene rings is 2. The van der Waals surface area contributed by atoms with Gasteiger partial charge in [-0.1, -0.05) is 29.4 Å². The minimum absolute atomic E-state index is 0.207. The molecule has 10 heteroatoms. The molecule has 3 amide bonds. The average molecular weight is 432 g/mol. The summed E-state index contributed by atoms with van der Waals surface area (Å²) in [6, 6.07) is 12.8. The lowest BCUT2D eigenvalue weighted by Crippen LogP contribution is -2.27. The summed E-state index contributed by atoms with van der Waals surface area (Å²) in [5, 5.41) is 5.18. The molecule has 1 saturated heterocycles. The number of nitrogens with one attached hydrogen (secondary N) is 2. The van der Waals surface area contributed by atoms with E-state index in [0.29, 0.717) is 16.1 Å². The summed E-state index contributed by atoms with van der Waals surface area (Å²) < 4.78 is 5.16. The van der Waals surface area contributed by atoms with Crippen LogP contribution in [0.25, 0.3) is 0 Å². The number of carbonyl (C=O) groups excluding carboxylic acids is 4. The Balaban J connectivity index is 1.50. The fraction of sp³-hybridized carbons (Fsp3) is 0.105. The SMILES string of the molecule is O=C(CC1SC(=O)NC1=O)Oc1ccc(/C=N/NC(=O)c2cccc(Cl)c2)cc1. The molecular formula is C19H14ClN3O5S. The van der Waals surface area contributed by atoms with E-state index in [9.17, 15) is 19.2 Å². The molecule has 0 radical (unpaired) electrons. The number of hydrogen-bond donors (Lipinski definition) is 2. The summed E-state index contributed by atoms with van der Waals surface area (Å²) >= 11 is 6.61. The maximum atomic E-state index is 12.0. The minimum atomic E-state index is -0.774. The van der Waals surface area contributed by atoms with Gasteiger partial charge in [-0.15, -0.1) is 0 Å². The van der Waals surface area contributed by atoms with Crippen molar-refractivity contribution in [1.29, 1.82) is 0 Å². The standard InChI is InChI=1S/C19H14ClN3O5S/c20-13-3-1-2-12(8-13)17(25)23-21-10-11-4-6-14(7-5-11)28-16(24)9-15-18(26)22-19(27)29-15/h1-8,10,15H,9H2,(H,23,25)(H,22,26,27)/b21-10+. The van der Waals surface area contributed by atoms with Gasteiger partial charge >= 0.3 is 5.97 Å². The van der Waals surface area contributed by atoms with Crippen LogP contribution in [0.5, 0.6) is 5.75 Å². The van der Waals surface area contributed by atoms with Gasteiger partial charge in [0, 0.05) is 10.6 Å². The Morgan fingerprint density at radius 2 is 1.97 bits per heavy atom. The van der Waals surface area contributed by atoms with Gasteiger partial charge in [0.05, 0.1) is 12.6 Å². The second kappa shape index (κ2) is 9.35. The zero-order chi connectivity index (χ0) is 20.8. The Bertz CT molecular complexity index is 994. The first kappa shape index (κ1) is 20.6. The second-order valence-electron chi connectivity index (χ2n) is 5.84. The molecule has 2 aromatic carbocycles. The highest BCUT2D eigenvalue weighted by Crippen LogP contribution is 2.23. The Hall–Kier alpha value is -3.17. The van der Waals surface area contributed by atoms with Gasteiger partial charge in [0.15, 0.2) is 0 Å². The quantitative estimate of drug-likeness (QED) is 0.314. The van der Waals surface area contributed by atoms with Crippen LogP contribution in [0, 0.1) is 0 Å². The summed E-state index contributed by atoms with van der Waals surface area (Å²) in [7, 11) is 0. The smallest absolute Gasteiger partial charge is 0.312 e. The molecule has 29 heavy (non-hydrogen) atoms. The highest BCUT2D eigenvalue weighted by atomic mass is 35.5. The van der Waals surface area contributed by atoms with Crippen molar-refractivity contribution < 1.29 is 23.9 Å². The molecule has 0 aromatic heterocycles. The van der Waals surface area contributed by atoms with Crippen molar-refractivity contribution in [3.63, 3.8) is 0 Å². The van der Waals surface area contributed by atoms with E-state index in [1.165, 1.54) is 12.3 Å². The van der Waals surface area contributed by atoms with Gasteiger partial charge in [-0.05, 0) is 48.0 Å². The van der Waals surface area contributed by atoms with Crippen molar-refractivity contribution >= 4 is 52.6 Å². The molecule has 0 spiro atoms. The van der Waals surface area contributed by atoms with Crippen molar-refractivity contribution in [3.05, 3.63) is 64.7 Å². The molecule has 0 aliphatic carbocycles. The first-order chi connectivity index (χ1) is 13.9. The van der Waals surface area contributed by atoms with Crippen LogP contribution in [-0.2, 0) is 9.59 Å². The number of thioether (sulfide) groups is 1. The fourth-order valence-corrected chi connectivity index (χ4v) is 3.33. The van der Waals surface area contributed by atoms with E-state index >= 15 is 0 Å². The third kappa shape index (κ3) is 5.90. The summed E-state index contributed by atoms with van der Waals surface area (Å²) in [6.07, 6.45) is 1.22. The van der Waals surface area contributed by atoms with Crippen LogP contribution in [0.1, 0.15) is 22.3 Å². The zero-order valence-corrected chi connectivity index (χ0v) is 16.3. The minimum Gasteiger partial charge on any atom is -0.426 e. The van der Waals surface area contributed by atoms with E-state index in [-0.39, 0.29) is 12.2 Å². The van der Waals surface area contributed by atoms with E-state index < -0.39 is 28.3 Å². The molecule has 1 fully saturated rings. The fourth-order valence-electron chi connectivity index (χ4n) is 2.33. The second-order valence-corrected chi connectivity index (χ2v) is 7.45. The van der Waals surface area contributed by atoms with Gasteiger partial charge in [0.1, 0.15) is 11.0 Å². The molecule has 1 unspecified atom stereocenters. The van der Waals surface area contributed by atoms with E-state index in [4.69, 9.17) is 16.3 Å². The molecule has 1 aliphatic rings. The zero-order valence-electron chi connectivity index (χ0n) is 14.8. The number of imide groups is 1. The summed E-state index contributed by atoms with van der Waals surface area (Å²) in [4.78, 5) is 46.4. The first-order valence-electron chi connectivity index (χ1n) is 8.32. The van der Waals surface area contributed by atoms with Gasteiger partial charge in [0.2, 0.25) is 5.91 Å². The van der Waals surface area contributed by atoms with Crippen molar-refractivity contribution in [1.82, 2.24) is 10.7 Å². The number of amides is 3. The highest BCUT2D eigenvalue weighted by molar-refractivity contribution is 8.15. The van der Waals surface area contributed by atoms with E-state index in [1.807, 2.05) is 0 Å². The monoisotopic (exact) mass is 431 g/mol. The largest absolute Gasteiger partial charge is 0.426 e. The van der Waals surface area contributed by atoms with Crippen molar-refractivity contribution in [3.8, 4) is 5.75 Å². The van der Waals surface area contributed by atoms with Crippen LogP contribution in [0.4, 0.5) is 4.79 Å². The van der Waals surface area contributed by atoms with E-state index in [0.717, 1.165) is 11.8 Å². The molecule has 2 N–H and O–H groups in total. The number of nitrogens with zero attached hydrogens (tertiary/aromatic N) is 1. The molecule has 1 aliphatic heterocycles. The van der Waals surface area contributed by atoms with E-state index in [2.05, 4.69) is 15.8 Å². The molecule has 0 saturated carbocycles. The lowest BCUT2D eigenvalue weighted by Gasteiger charge is -2.06. The van der Waals surface area contributed by atoms with Crippen molar-refractivity contribution in [2.45, 2.75) is 11.7 Å². The van der Waals surface area contributed by atoms with Crippen molar-refractivity contribution in [2.75, 3.05) is 0 Å². The maximum Gasteiger partial charge on any atom is 0.312 e. The van der Waals surface area contributed by atoms with Crippen LogP contribution in [-0.4, -0.2) is 34.5 Å². The molecule has 2 aromatic rings. The normalized spacial score (nSPS) is 16.0. The van der Waals surface area contributed by atoms with Gasteiger partial charge in [0.25, 0.3) is 11.1 Å². The molecule has 1 atom stereocenters. The number of ether oxygens (including phenoxy) is 1. The molecule has 3 rings (SSSR count). The Morgan fingerprint density at radius 3 is 2.62 bits per heavy atom. The van der Waals surface area contributed by atoms with Crippen LogP contribution >= 0.6 is 23.4 Å². The Labute approximate surface area is 174 Å². The Kier molecular flexibility index (Phi) is 6.63. The lowest BCUT2D eigenvalue weighted by atomic mass is 10.2. The third-order valence-electron chi connectivity index (χ3n) is 3.70. The molecule has 1 heterocycles.